The Morgan fingerprint density at radius 1 is 0.943 bits per heavy atom. The zero-order chi connectivity index (χ0) is 24.8. The van der Waals surface area contributed by atoms with E-state index in [0.29, 0.717) is 29.5 Å². The number of aromatic nitrogens is 1. The molecule has 0 bridgehead atoms. The summed E-state index contributed by atoms with van der Waals surface area (Å²) in [6, 6.07) is 25.6. The molecule has 0 amide bonds. The van der Waals surface area contributed by atoms with Crippen molar-refractivity contribution in [1.82, 2.24) is 15.2 Å². The van der Waals surface area contributed by atoms with Gasteiger partial charge in [-0.1, -0.05) is 42.5 Å². The van der Waals surface area contributed by atoms with Crippen LogP contribution in [0.25, 0.3) is 10.9 Å². The maximum absolute atomic E-state index is 13.0. The van der Waals surface area contributed by atoms with E-state index in [1.165, 1.54) is 0 Å². The van der Waals surface area contributed by atoms with Gasteiger partial charge in [0, 0.05) is 18.2 Å². The van der Waals surface area contributed by atoms with E-state index in [1.807, 2.05) is 71.6 Å². The molecular weight excluding hydrogens is 458 g/mol. The second-order valence-electron chi connectivity index (χ2n) is 8.36. The second kappa shape index (κ2) is 11.1. The highest BCUT2D eigenvalue weighted by molar-refractivity contribution is 7.80. The fourth-order valence-electron chi connectivity index (χ4n) is 3.93. The molecule has 0 unspecified atom stereocenters. The Labute approximate surface area is 210 Å². The van der Waals surface area contributed by atoms with Gasteiger partial charge in [-0.25, -0.2) is 0 Å². The van der Waals surface area contributed by atoms with Crippen molar-refractivity contribution in [2.24, 2.45) is 0 Å². The third-order valence-corrected chi connectivity index (χ3v) is 6.33. The van der Waals surface area contributed by atoms with Crippen molar-refractivity contribution in [2.75, 3.05) is 14.2 Å². The number of pyridine rings is 1. The molecule has 4 aromatic rings. The molecule has 0 saturated carbocycles. The normalized spacial score (nSPS) is 11.6. The lowest BCUT2D eigenvalue weighted by molar-refractivity contribution is 0.390. The number of rotatable bonds is 8. The van der Waals surface area contributed by atoms with E-state index in [9.17, 15) is 4.79 Å². The van der Waals surface area contributed by atoms with Crippen LogP contribution in [0.4, 0.5) is 0 Å². The van der Waals surface area contributed by atoms with Crippen LogP contribution in [0.15, 0.2) is 83.7 Å². The summed E-state index contributed by atoms with van der Waals surface area (Å²) in [7, 11) is 3.25. The average molecular weight is 488 g/mol. The number of hydrogen-bond donors (Lipinski definition) is 2. The van der Waals surface area contributed by atoms with Crippen LogP contribution in [0.1, 0.15) is 29.7 Å². The zero-order valence-electron chi connectivity index (χ0n) is 20.1. The smallest absolute Gasteiger partial charge is 0.253 e. The van der Waals surface area contributed by atoms with Crippen LogP contribution in [0, 0.1) is 0 Å². The molecule has 1 atom stereocenters. The summed E-state index contributed by atoms with van der Waals surface area (Å²) in [5.41, 5.74) is 3.41. The monoisotopic (exact) mass is 487 g/mol. The molecular formula is C28H29N3O3S. The first-order valence-electron chi connectivity index (χ1n) is 11.4. The molecule has 4 rings (SSSR count). The lowest BCUT2D eigenvalue weighted by Gasteiger charge is -2.28. The zero-order valence-corrected chi connectivity index (χ0v) is 20.9. The van der Waals surface area contributed by atoms with Gasteiger partial charge in [0.15, 0.2) is 5.11 Å². The largest absolute Gasteiger partial charge is 0.497 e. The van der Waals surface area contributed by atoms with E-state index in [1.54, 1.807) is 14.2 Å². The van der Waals surface area contributed by atoms with E-state index in [2.05, 4.69) is 29.4 Å². The maximum Gasteiger partial charge on any atom is 0.253 e. The van der Waals surface area contributed by atoms with Crippen molar-refractivity contribution < 1.29 is 9.47 Å². The first-order valence-corrected chi connectivity index (χ1v) is 11.8. The van der Waals surface area contributed by atoms with Gasteiger partial charge >= 0.3 is 0 Å². The minimum absolute atomic E-state index is 0.0180. The molecule has 35 heavy (non-hydrogen) atoms. The number of nitrogens with zero attached hydrogens (tertiary/aromatic N) is 1. The van der Waals surface area contributed by atoms with Gasteiger partial charge in [0.1, 0.15) is 11.5 Å². The number of hydrogen-bond acceptors (Lipinski definition) is 4. The number of thiocarbonyl (C=S) groups is 1. The Balaban J connectivity index is 1.61. The second-order valence-corrected chi connectivity index (χ2v) is 8.75. The van der Waals surface area contributed by atoms with E-state index in [-0.39, 0.29) is 11.6 Å². The summed E-state index contributed by atoms with van der Waals surface area (Å²) >= 11 is 5.83. The van der Waals surface area contributed by atoms with E-state index in [4.69, 9.17) is 21.7 Å². The highest BCUT2D eigenvalue weighted by Gasteiger charge is 2.17. The van der Waals surface area contributed by atoms with E-state index < -0.39 is 0 Å². The van der Waals surface area contributed by atoms with Crippen molar-refractivity contribution in [2.45, 2.75) is 26.1 Å². The van der Waals surface area contributed by atoms with Crippen molar-refractivity contribution in [1.29, 1.82) is 0 Å². The number of methoxy groups -OCH3 is 2. The molecule has 0 radical (unpaired) electrons. The molecule has 0 aliphatic rings. The van der Waals surface area contributed by atoms with Gasteiger partial charge in [0.2, 0.25) is 0 Å². The number of fused-ring (bicyclic) bond motifs is 1. The predicted molar refractivity (Wildman–Crippen MR) is 144 cm³/mol. The summed E-state index contributed by atoms with van der Waals surface area (Å²) in [4.78, 5) is 18.0. The van der Waals surface area contributed by atoms with E-state index in [0.717, 1.165) is 27.8 Å². The molecule has 6 nitrogen and oxygen atoms in total. The molecule has 0 spiro atoms. The predicted octanol–water partition coefficient (Wildman–Crippen LogP) is 5.18. The number of benzene rings is 3. The molecule has 7 heteroatoms. The maximum atomic E-state index is 13.0. The molecule has 3 aromatic carbocycles. The summed E-state index contributed by atoms with van der Waals surface area (Å²) in [6.07, 6.45) is 0. The number of nitrogens with one attached hydrogen (secondary N) is 2. The Morgan fingerprint density at radius 3 is 2.31 bits per heavy atom. The van der Waals surface area contributed by atoms with Gasteiger partial charge in [0.25, 0.3) is 5.56 Å². The standard InChI is InChI=1S/C28H29N3O3S/c1-19(21-7-5-4-6-8-21)29-28(35)31(17-20-9-12-24(33-2)13-10-20)18-23-15-22-11-14-25(34-3)16-26(22)30-27(23)32/h4-16,19H,17-18H2,1-3H3,(H,29,35)(H,30,32)/t19-/m1/s1. The number of ether oxygens (including phenoxy) is 2. The number of aromatic amines is 1. The van der Waals surface area contributed by atoms with Crippen LogP contribution in [0.5, 0.6) is 11.5 Å². The Kier molecular flexibility index (Phi) is 7.67. The molecule has 0 aliphatic heterocycles. The Hall–Kier alpha value is -3.84. The van der Waals surface area contributed by atoms with Crippen molar-refractivity contribution in [3.63, 3.8) is 0 Å². The molecule has 1 heterocycles. The van der Waals surface area contributed by atoms with Gasteiger partial charge in [0.05, 0.1) is 32.3 Å². The van der Waals surface area contributed by atoms with Crippen LogP contribution in [0.3, 0.4) is 0 Å². The number of H-pyrrole nitrogens is 1. The fraction of sp³-hybridized carbons (Fsp3) is 0.214. The molecule has 1 aromatic heterocycles. The topological polar surface area (TPSA) is 66.6 Å². The fourth-order valence-corrected chi connectivity index (χ4v) is 4.23. The van der Waals surface area contributed by atoms with Crippen molar-refractivity contribution >= 4 is 28.2 Å². The van der Waals surface area contributed by atoms with Crippen molar-refractivity contribution in [3.8, 4) is 11.5 Å². The van der Waals surface area contributed by atoms with Gasteiger partial charge in [-0.2, -0.15) is 0 Å². The summed E-state index contributed by atoms with van der Waals surface area (Å²) in [6.45, 7) is 2.97. The summed E-state index contributed by atoms with van der Waals surface area (Å²) in [5.74, 6) is 1.49. The SMILES string of the molecule is COc1ccc(CN(Cc2cc3ccc(OC)cc3[nH]c2=O)C(=S)N[C@H](C)c2ccccc2)cc1. The quantitative estimate of drug-likeness (QED) is 0.334. The van der Waals surface area contributed by atoms with Gasteiger partial charge < -0.3 is 24.7 Å². The summed E-state index contributed by atoms with van der Waals surface area (Å²) in [5, 5.41) is 4.94. The van der Waals surface area contributed by atoms with Crippen LogP contribution < -0.4 is 20.3 Å². The van der Waals surface area contributed by atoms with Crippen LogP contribution in [-0.2, 0) is 13.1 Å². The highest BCUT2D eigenvalue weighted by Crippen LogP contribution is 2.20. The van der Waals surface area contributed by atoms with Crippen LogP contribution in [0.2, 0.25) is 0 Å². The van der Waals surface area contributed by atoms with Crippen LogP contribution in [-0.4, -0.2) is 29.2 Å². The Morgan fingerprint density at radius 2 is 1.63 bits per heavy atom. The first-order chi connectivity index (χ1) is 17.0. The van der Waals surface area contributed by atoms with Gasteiger partial charge in [-0.3, -0.25) is 4.79 Å². The molecule has 0 saturated heterocycles. The molecule has 0 fully saturated rings. The van der Waals surface area contributed by atoms with Gasteiger partial charge in [-0.05, 0) is 66.0 Å². The van der Waals surface area contributed by atoms with Crippen LogP contribution >= 0.6 is 12.2 Å². The molecule has 2 N–H and O–H groups in total. The third kappa shape index (κ3) is 6.00. The lowest BCUT2D eigenvalue weighted by Crippen LogP contribution is -2.41. The van der Waals surface area contributed by atoms with E-state index >= 15 is 0 Å². The molecule has 0 aliphatic carbocycles. The third-order valence-electron chi connectivity index (χ3n) is 5.95. The molecule has 180 valence electrons. The van der Waals surface area contributed by atoms with Crippen molar-refractivity contribution in [3.05, 3.63) is 106 Å². The van der Waals surface area contributed by atoms with Gasteiger partial charge in [-0.15, -0.1) is 0 Å². The first kappa shape index (κ1) is 24.3. The lowest BCUT2D eigenvalue weighted by atomic mass is 10.1. The highest BCUT2D eigenvalue weighted by atomic mass is 32.1. The minimum atomic E-state index is -0.149. The average Bonchev–Trinajstić information content (AvgIpc) is 2.89. The summed E-state index contributed by atoms with van der Waals surface area (Å²) < 4.78 is 10.6. The Bertz CT molecular complexity index is 1350. The minimum Gasteiger partial charge on any atom is -0.497 e.